The molecule has 1 aliphatic carbocycles. The molecule has 0 saturated heterocycles. The average Bonchev–Trinajstić information content (AvgIpc) is 0.724. The number of allylic oxidation sites excluding steroid dienone is 2. The van der Waals surface area contributed by atoms with Crippen LogP contribution in [0.4, 0.5) is 34.1 Å². The molecule has 3 aliphatic rings. The largest absolute Gasteiger partial charge is 0.482 e. The molecule has 19 aromatic rings. The minimum atomic E-state index is -0.646. The zero-order chi connectivity index (χ0) is 77.5. The summed E-state index contributed by atoms with van der Waals surface area (Å²) in [4.78, 5) is 4.91. The maximum absolute atomic E-state index is 7.17. The van der Waals surface area contributed by atoms with Gasteiger partial charge in [-0.15, -0.1) is 0 Å². The lowest BCUT2D eigenvalue weighted by Gasteiger charge is -2.42. The molecule has 22 rings (SSSR count). The van der Waals surface area contributed by atoms with E-state index in [4.69, 9.17) is 9.47 Å². The number of para-hydroxylation sites is 3. The first kappa shape index (κ1) is 68.7. The smallest absolute Gasteiger partial charge is 0.135 e. The van der Waals surface area contributed by atoms with E-state index in [1.807, 2.05) is 0 Å². The predicted molar refractivity (Wildman–Crippen MR) is 490 cm³/mol. The van der Waals surface area contributed by atoms with Gasteiger partial charge in [-0.3, -0.25) is 0 Å². The SMILES string of the molecule is CC12C=CC(c3cccc(N(c4ccccc4-c4ccc(-c5ccccc5)cc4)c4ccccc4-c4cccc5ccccc45)c3)=CC1c1cc(-c3ccc(-c4ccc(-c5ccccc5N(c5cccc(-c6ccc7c(c6)-c6cccc8cccc(c68)O7)c5)c5cccc(-c6cccc7ccccc67)c5)cc4)cc3)cc3cccc(c13)O2. The van der Waals surface area contributed by atoms with Gasteiger partial charge in [0.15, 0.2) is 0 Å². The van der Waals surface area contributed by atoms with Gasteiger partial charge >= 0.3 is 0 Å². The number of rotatable bonds is 15. The summed E-state index contributed by atoms with van der Waals surface area (Å²) in [6, 6.07) is 153. The molecule has 0 saturated carbocycles. The van der Waals surface area contributed by atoms with Crippen molar-refractivity contribution in [2.45, 2.75) is 18.4 Å². The van der Waals surface area contributed by atoms with E-state index in [0.717, 1.165) is 151 Å². The highest BCUT2D eigenvalue weighted by Gasteiger charge is 2.42. The lowest BCUT2D eigenvalue weighted by Crippen LogP contribution is -2.40. The van der Waals surface area contributed by atoms with E-state index in [1.165, 1.54) is 60.3 Å². The first-order chi connectivity index (χ1) is 57.8. The van der Waals surface area contributed by atoms with E-state index in [9.17, 15) is 0 Å². The summed E-state index contributed by atoms with van der Waals surface area (Å²) < 4.78 is 13.8. The molecule has 4 nitrogen and oxygen atoms in total. The van der Waals surface area contributed by atoms with Crippen molar-refractivity contribution in [2.24, 2.45) is 0 Å². The van der Waals surface area contributed by atoms with Crippen molar-refractivity contribution in [3.05, 3.63) is 448 Å². The highest BCUT2D eigenvalue weighted by atomic mass is 16.5. The van der Waals surface area contributed by atoms with E-state index in [-0.39, 0.29) is 5.92 Å². The van der Waals surface area contributed by atoms with Crippen LogP contribution >= 0.6 is 0 Å². The Morgan fingerprint density at radius 3 is 1.34 bits per heavy atom. The van der Waals surface area contributed by atoms with Crippen molar-refractivity contribution in [1.29, 1.82) is 0 Å². The van der Waals surface area contributed by atoms with Crippen LogP contribution in [0, 0.1) is 0 Å². The molecule has 19 aromatic carbocycles. The summed E-state index contributed by atoms with van der Waals surface area (Å²) in [7, 11) is 0. The summed E-state index contributed by atoms with van der Waals surface area (Å²) in [5.74, 6) is 2.56. The number of ether oxygens (including phenoxy) is 2. The zero-order valence-electron chi connectivity index (χ0n) is 64.4. The minimum Gasteiger partial charge on any atom is -0.482 e. The first-order valence-corrected chi connectivity index (χ1v) is 40.4. The van der Waals surface area contributed by atoms with Gasteiger partial charge in [0.25, 0.3) is 0 Å². The van der Waals surface area contributed by atoms with Crippen molar-refractivity contribution < 1.29 is 9.47 Å². The molecule has 0 bridgehead atoms. The Kier molecular flexibility index (Phi) is 16.7. The number of nitrogens with zero attached hydrogens (tertiary/aromatic N) is 2. The second kappa shape index (κ2) is 28.5. The van der Waals surface area contributed by atoms with Gasteiger partial charge in [-0.1, -0.05) is 340 Å². The number of hydrogen-bond acceptors (Lipinski definition) is 4. The fourth-order valence-electron chi connectivity index (χ4n) is 18.5. The molecule has 117 heavy (non-hydrogen) atoms. The van der Waals surface area contributed by atoms with Crippen molar-refractivity contribution in [1.82, 2.24) is 0 Å². The molecule has 550 valence electrons. The monoisotopic (exact) mass is 1490 g/mol. The summed E-state index contributed by atoms with van der Waals surface area (Å²) >= 11 is 0. The first-order valence-electron chi connectivity index (χ1n) is 40.4. The van der Waals surface area contributed by atoms with Crippen LogP contribution in [0.5, 0.6) is 17.2 Å². The second-order valence-corrected chi connectivity index (χ2v) is 31.1. The van der Waals surface area contributed by atoms with Crippen molar-refractivity contribution in [2.75, 3.05) is 9.80 Å². The van der Waals surface area contributed by atoms with Gasteiger partial charge in [0.1, 0.15) is 22.8 Å². The molecule has 2 aliphatic heterocycles. The van der Waals surface area contributed by atoms with Crippen LogP contribution in [-0.2, 0) is 0 Å². The van der Waals surface area contributed by atoms with Gasteiger partial charge in [-0.2, -0.15) is 0 Å². The Bertz CT molecular complexity index is 7200. The van der Waals surface area contributed by atoms with Gasteiger partial charge in [0.2, 0.25) is 0 Å². The van der Waals surface area contributed by atoms with Crippen LogP contribution < -0.4 is 19.3 Å². The van der Waals surface area contributed by atoms with Gasteiger partial charge in [-0.05, 0) is 231 Å². The molecular weight excluding hydrogens is 1420 g/mol. The lowest BCUT2D eigenvalue weighted by atomic mass is 9.73. The molecule has 2 heterocycles. The van der Waals surface area contributed by atoms with Gasteiger partial charge in [-0.25, -0.2) is 0 Å². The molecular formula is C113H76N2O2. The summed E-state index contributed by atoms with van der Waals surface area (Å²) in [5.41, 5.74) is 29.9. The van der Waals surface area contributed by atoms with Crippen molar-refractivity contribution in [3.8, 4) is 117 Å². The van der Waals surface area contributed by atoms with Gasteiger partial charge < -0.3 is 19.3 Å². The second-order valence-electron chi connectivity index (χ2n) is 31.1. The zero-order valence-corrected chi connectivity index (χ0v) is 64.4. The Morgan fingerprint density at radius 1 is 0.248 bits per heavy atom. The third kappa shape index (κ3) is 12.2. The van der Waals surface area contributed by atoms with Crippen LogP contribution in [0.3, 0.4) is 0 Å². The third-order valence-corrected chi connectivity index (χ3v) is 24.2. The number of benzene rings is 19. The van der Waals surface area contributed by atoms with Crippen molar-refractivity contribution >= 4 is 82.8 Å². The molecule has 0 radical (unpaired) electrons. The van der Waals surface area contributed by atoms with E-state index in [1.54, 1.807) is 0 Å². The molecule has 0 aromatic heterocycles. The average molecular weight is 1490 g/mol. The molecule has 0 fully saturated rings. The Hall–Kier alpha value is -15.1. The van der Waals surface area contributed by atoms with E-state index < -0.39 is 5.60 Å². The van der Waals surface area contributed by atoms with E-state index >= 15 is 0 Å². The van der Waals surface area contributed by atoms with Crippen LogP contribution in [-0.4, -0.2) is 5.60 Å². The summed E-state index contributed by atoms with van der Waals surface area (Å²) in [6.45, 7) is 2.24. The third-order valence-electron chi connectivity index (χ3n) is 24.2. The standard InChI is InChI=1S/C113H76N2O2/c1-113-66-65-87(85-32-16-37-93(69-85)115(107-48-14-11-42-100(107)99-44-19-28-80-26-6-8-39-95(80)99)106-47-13-10-41-98(106)82-59-55-75(56-60-82)74-23-3-2-4-24-74)73-104(113)103-72-90(67-89-34-22-50-110(117-113)112(89)103)78-53-51-76(52-54-78)77-57-61-81(62-58-77)97-40-9-12-46-105(97)114(92-36-17-33-88(70-92)96-43-18-27-79-25-5-7-38-94(79)96)91-35-15-31-84(68-91)86-63-64-108-102(71-86)101-45-20-29-83-30-21-49-109(116-108)111(83)101/h2-73,104H,1H3. The highest BCUT2D eigenvalue weighted by molar-refractivity contribution is 6.07. The maximum Gasteiger partial charge on any atom is 0.135 e. The molecule has 2 atom stereocenters. The fraction of sp³-hybridized carbons (Fsp3) is 0.0265. The topological polar surface area (TPSA) is 24.9 Å². The number of fused-ring (bicyclic) bond motifs is 6. The van der Waals surface area contributed by atoms with Crippen LogP contribution in [0.2, 0.25) is 0 Å². The molecule has 4 heteroatoms. The quantitative estimate of drug-likeness (QED) is 0.102. The maximum atomic E-state index is 7.17. The highest BCUT2D eigenvalue weighted by Crippen LogP contribution is 2.54. The van der Waals surface area contributed by atoms with Crippen LogP contribution in [0.25, 0.3) is 149 Å². The van der Waals surface area contributed by atoms with Crippen LogP contribution in [0.15, 0.2) is 437 Å². The molecule has 0 amide bonds. The lowest BCUT2D eigenvalue weighted by molar-refractivity contribution is 0.119. The Balaban J connectivity index is 0.592. The number of hydrogen-bond donors (Lipinski definition) is 0. The van der Waals surface area contributed by atoms with Gasteiger partial charge in [0, 0.05) is 56.0 Å². The molecule has 0 spiro atoms. The summed E-state index contributed by atoms with van der Waals surface area (Å²) in [5, 5.41) is 9.47. The minimum absolute atomic E-state index is 0.103. The predicted octanol–water partition coefficient (Wildman–Crippen LogP) is 31.2. The summed E-state index contributed by atoms with van der Waals surface area (Å²) in [6.07, 6.45) is 7.03. The van der Waals surface area contributed by atoms with E-state index in [2.05, 4.69) is 454 Å². The number of anilines is 6. The molecule has 2 unspecified atom stereocenters. The normalized spacial score (nSPS) is 14.3. The Labute approximate surface area is 681 Å². The van der Waals surface area contributed by atoms with Gasteiger partial charge in [0.05, 0.1) is 17.1 Å². The van der Waals surface area contributed by atoms with Crippen molar-refractivity contribution in [3.63, 3.8) is 0 Å². The van der Waals surface area contributed by atoms with Crippen LogP contribution in [0.1, 0.15) is 24.0 Å². The molecule has 0 N–H and O–H groups in total. The fourth-order valence-corrected chi connectivity index (χ4v) is 18.5. The van der Waals surface area contributed by atoms with E-state index in [0.29, 0.717) is 0 Å². The Morgan fingerprint density at radius 2 is 0.675 bits per heavy atom.